The first kappa shape index (κ1) is 18.4. The molecule has 2 aromatic heterocycles. The Bertz CT molecular complexity index is 880. The third kappa shape index (κ3) is 4.14. The highest BCUT2D eigenvalue weighted by Gasteiger charge is 2.23. The number of aryl methyl sites for hydroxylation is 1. The third-order valence-corrected chi connectivity index (χ3v) is 3.71. The Labute approximate surface area is 144 Å². The largest absolute Gasteiger partial charge is 0.506 e. The van der Waals surface area contributed by atoms with Gasteiger partial charge in [-0.2, -0.15) is 0 Å². The molecule has 0 spiro atoms. The van der Waals surface area contributed by atoms with E-state index in [1.54, 1.807) is 12.1 Å². The molecule has 0 bridgehead atoms. The predicted octanol–water partition coefficient (Wildman–Crippen LogP) is 1.35. The van der Waals surface area contributed by atoms with Gasteiger partial charge >= 0.3 is 5.97 Å². The molecular formula is C17H21N3O5. The quantitative estimate of drug-likeness (QED) is 0.750. The summed E-state index contributed by atoms with van der Waals surface area (Å²) < 4.78 is 1.34. The number of carbonyl (C=O) groups excluding carboxylic acids is 1. The summed E-state index contributed by atoms with van der Waals surface area (Å²) in [6.07, 6.45) is 2.15. The van der Waals surface area contributed by atoms with Gasteiger partial charge in [0.2, 0.25) is 0 Å². The van der Waals surface area contributed by atoms with Crippen molar-refractivity contribution in [2.45, 2.75) is 33.7 Å². The summed E-state index contributed by atoms with van der Waals surface area (Å²) in [7, 11) is 0. The molecule has 0 aliphatic heterocycles. The number of carbonyl (C=O) groups is 2. The normalized spacial score (nSPS) is 11.5. The van der Waals surface area contributed by atoms with Gasteiger partial charge in [0.05, 0.1) is 5.39 Å². The van der Waals surface area contributed by atoms with Crippen LogP contribution in [0.4, 0.5) is 0 Å². The lowest BCUT2D eigenvalue weighted by molar-refractivity contribution is -0.135. The maximum absolute atomic E-state index is 12.8. The van der Waals surface area contributed by atoms with Crippen LogP contribution in [0.5, 0.6) is 5.75 Å². The first-order chi connectivity index (χ1) is 11.6. The van der Waals surface area contributed by atoms with Gasteiger partial charge in [-0.15, -0.1) is 0 Å². The summed E-state index contributed by atoms with van der Waals surface area (Å²) >= 11 is 0. The van der Waals surface area contributed by atoms with E-state index in [1.807, 2.05) is 20.8 Å². The summed E-state index contributed by atoms with van der Waals surface area (Å²) in [5, 5.41) is 21.4. The highest BCUT2D eigenvalue weighted by atomic mass is 16.4. The molecule has 3 N–H and O–H groups in total. The van der Waals surface area contributed by atoms with E-state index < -0.39 is 35.3 Å². The van der Waals surface area contributed by atoms with Crippen molar-refractivity contribution in [2.75, 3.05) is 6.54 Å². The number of carboxylic acids is 1. The zero-order valence-electron chi connectivity index (χ0n) is 14.4. The van der Waals surface area contributed by atoms with E-state index in [2.05, 4.69) is 10.3 Å². The van der Waals surface area contributed by atoms with Gasteiger partial charge in [0.1, 0.15) is 23.5 Å². The van der Waals surface area contributed by atoms with E-state index in [0.29, 0.717) is 13.0 Å². The Morgan fingerprint density at radius 2 is 2.00 bits per heavy atom. The molecule has 2 heterocycles. The lowest BCUT2D eigenvalue weighted by Gasteiger charge is -2.20. The zero-order chi connectivity index (χ0) is 18.8. The highest BCUT2D eigenvalue weighted by molar-refractivity contribution is 6.02. The molecule has 134 valence electrons. The van der Waals surface area contributed by atoms with Crippen LogP contribution in [0.15, 0.2) is 23.1 Å². The van der Waals surface area contributed by atoms with Crippen LogP contribution < -0.4 is 10.9 Å². The van der Waals surface area contributed by atoms with Gasteiger partial charge in [0.15, 0.2) is 0 Å². The monoisotopic (exact) mass is 347 g/mol. The molecule has 2 aromatic rings. The molecule has 0 radical (unpaired) electrons. The molecule has 8 heteroatoms. The minimum Gasteiger partial charge on any atom is -0.506 e. The number of aromatic hydroxyl groups is 1. The Kier molecular flexibility index (Phi) is 5.10. The molecule has 25 heavy (non-hydrogen) atoms. The van der Waals surface area contributed by atoms with Gasteiger partial charge in [-0.3, -0.25) is 19.0 Å². The number of rotatable bonds is 5. The molecule has 0 aromatic carbocycles. The SMILES string of the molecule is CC(C)(C)CCn1c(=O)c(C(=O)NCC(=O)O)c(O)c2cccnc21. The first-order valence-corrected chi connectivity index (χ1v) is 7.82. The molecule has 8 nitrogen and oxygen atoms in total. The van der Waals surface area contributed by atoms with Crippen LogP contribution in [0.3, 0.4) is 0 Å². The summed E-state index contributed by atoms with van der Waals surface area (Å²) in [5.74, 6) is -2.67. The van der Waals surface area contributed by atoms with Crippen molar-refractivity contribution < 1.29 is 19.8 Å². The molecule has 2 rings (SSSR count). The number of amides is 1. The third-order valence-electron chi connectivity index (χ3n) is 3.71. The van der Waals surface area contributed by atoms with E-state index in [1.165, 1.54) is 10.8 Å². The van der Waals surface area contributed by atoms with E-state index in [0.717, 1.165) is 0 Å². The van der Waals surface area contributed by atoms with E-state index >= 15 is 0 Å². The van der Waals surface area contributed by atoms with Gasteiger partial charge in [-0.05, 0) is 24.0 Å². The van der Waals surface area contributed by atoms with Gasteiger partial charge < -0.3 is 15.5 Å². The number of nitrogens with zero attached hydrogens (tertiary/aromatic N) is 2. The number of aliphatic carboxylic acids is 1. The van der Waals surface area contributed by atoms with Gasteiger partial charge in [0, 0.05) is 12.7 Å². The van der Waals surface area contributed by atoms with E-state index in [9.17, 15) is 19.5 Å². The zero-order valence-corrected chi connectivity index (χ0v) is 14.4. The van der Waals surface area contributed by atoms with Crippen molar-refractivity contribution in [1.82, 2.24) is 14.9 Å². The molecule has 0 unspecified atom stereocenters. The lowest BCUT2D eigenvalue weighted by atomic mass is 9.92. The number of nitrogens with one attached hydrogen (secondary N) is 1. The molecule has 1 amide bonds. The summed E-state index contributed by atoms with van der Waals surface area (Å²) in [5.41, 5.74) is -0.944. The molecule has 0 aliphatic carbocycles. The first-order valence-electron chi connectivity index (χ1n) is 7.82. The van der Waals surface area contributed by atoms with E-state index in [4.69, 9.17) is 5.11 Å². The van der Waals surface area contributed by atoms with Crippen LogP contribution in [0.25, 0.3) is 11.0 Å². The second-order valence-electron chi connectivity index (χ2n) is 6.94. The second-order valence-corrected chi connectivity index (χ2v) is 6.94. The molecule has 0 fully saturated rings. The van der Waals surface area contributed by atoms with Gasteiger partial charge in [-0.1, -0.05) is 20.8 Å². The summed E-state index contributed by atoms with van der Waals surface area (Å²) in [6.45, 7) is 5.73. The number of hydrogen-bond donors (Lipinski definition) is 3. The van der Waals surface area contributed by atoms with E-state index in [-0.39, 0.29) is 16.4 Å². The Morgan fingerprint density at radius 1 is 1.32 bits per heavy atom. The molecule has 0 saturated heterocycles. The summed E-state index contributed by atoms with van der Waals surface area (Å²) in [6, 6.07) is 3.14. The predicted molar refractivity (Wildman–Crippen MR) is 91.7 cm³/mol. The Balaban J connectivity index is 2.60. The number of pyridine rings is 2. The average Bonchev–Trinajstić information content (AvgIpc) is 2.52. The standard InChI is InChI=1S/C17H21N3O5/c1-17(2,3)6-8-20-14-10(5-4-7-18-14)13(23)12(16(20)25)15(24)19-9-11(21)22/h4-5,7,23H,6,8-9H2,1-3H3,(H,19,24)(H,21,22). The Hall–Kier alpha value is -2.90. The van der Waals surface area contributed by atoms with Gasteiger partial charge in [-0.25, -0.2) is 4.98 Å². The van der Waals surface area contributed by atoms with Crippen molar-refractivity contribution in [3.8, 4) is 5.75 Å². The highest BCUT2D eigenvalue weighted by Crippen LogP contribution is 2.26. The topological polar surface area (TPSA) is 122 Å². The molecular weight excluding hydrogens is 326 g/mol. The van der Waals surface area contributed by atoms with Crippen LogP contribution in [0, 0.1) is 5.41 Å². The molecule has 0 aliphatic rings. The summed E-state index contributed by atoms with van der Waals surface area (Å²) in [4.78, 5) is 39.8. The van der Waals surface area contributed by atoms with Crippen molar-refractivity contribution >= 4 is 22.9 Å². The van der Waals surface area contributed by atoms with Crippen LogP contribution in [-0.4, -0.2) is 38.2 Å². The van der Waals surface area contributed by atoms with Crippen LogP contribution in [0.1, 0.15) is 37.6 Å². The smallest absolute Gasteiger partial charge is 0.322 e. The van der Waals surface area contributed by atoms with Crippen LogP contribution >= 0.6 is 0 Å². The second kappa shape index (κ2) is 6.92. The van der Waals surface area contributed by atoms with Crippen LogP contribution in [-0.2, 0) is 11.3 Å². The molecule has 0 atom stereocenters. The number of carboxylic acid groups (broad SMARTS) is 1. The minimum absolute atomic E-state index is 0.0514. The number of hydrogen-bond acceptors (Lipinski definition) is 5. The van der Waals surface area contributed by atoms with Crippen molar-refractivity contribution in [1.29, 1.82) is 0 Å². The molecule has 0 saturated carbocycles. The fraction of sp³-hybridized carbons (Fsp3) is 0.412. The van der Waals surface area contributed by atoms with Crippen LogP contribution in [0.2, 0.25) is 0 Å². The van der Waals surface area contributed by atoms with Crippen molar-refractivity contribution in [2.24, 2.45) is 5.41 Å². The lowest BCUT2D eigenvalue weighted by Crippen LogP contribution is -2.36. The maximum atomic E-state index is 12.8. The number of aromatic nitrogens is 2. The fourth-order valence-electron chi connectivity index (χ4n) is 2.37. The Morgan fingerprint density at radius 3 is 2.60 bits per heavy atom. The maximum Gasteiger partial charge on any atom is 0.322 e. The van der Waals surface area contributed by atoms with Crippen molar-refractivity contribution in [3.05, 3.63) is 34.2 Å². The van der Waals surface area contributed by atoms with Gasteiger partial charge in [0.25, 0.3) is 11.5 Å². The fourth-order valence-corrected chi connectivity index (χ4v) is 2.37. The number of fused-ring (bicyclic) bond motifs is 1. The minimum atomic E-state index is -1.25. The van der Waals surface area contributed by atoms with Crippen molar-refractivity contribution in [3.63, 3.8) is 0 Å². The average molecular weight is 347 g/mol.